The van der Waals surface area contributed by atoms with Gasteiger partial charge in [0, 0.05) is 13.1 Å². The molecule has 0 bridgehead atoms. The van der Waals surface area contributed by atoms with Gasteiger partial charge in [0.2, 0.25) is 0 Å². The van der Waals surface area contributed by atoms with Crippen LogP contribution >= 0.6 is 24.0 Å². The molecule has 2 rings (SSSR count). The van der Waals surface area contributed by atoms with Gasteiger partial charge in [-0.1, -0.05) is 29.8 Å². The molecule has 0 amide bonds. The fourth-order valence-corrected chi connectivity index (χ4v) is 2.32. The summed E-state index contributed by atoms with van der Waals surface area (Å²) < 4.78 is 5.70. The number of phenols is 1. The number of phenolic OH excluding ortho intramolecular Hbond substituents is 1. The molecule has 0 spiro atoms. The zero-order chi connectivity index (χ0) is 17.9. The van der Waals surface area contributed by atoms with Crippen molar-refractivity contribution in [3.05, 3.63) is 59.7 Å². The number of guanidine groups is 1. The molecular weight excluding hydrogens is 441 g/mol. The van der Waals surface area contributed by atoms with Crippen LogP contribution in [0.4, 0.5) is 0 Å². The van der Waals surface area contributed by atoms with Crippen molar-refractivity contribution in [2.24, 2.45) is 4.99 Å². The van der Waals surface area contributed by atoms with Crippen LogP contribution in [0, 0.1) is 6.92 Å². The highest BCUT2D eigenvalue weighted by molar-refractivity contribution is 14.0. The van der Waals surface area contributed by atoms with Gasteiger partial charge >= 0.3 is 0 Å². The summed E-state index contributed by atoms with van der Waals surface area (Å²) in [4.78, 5) is 4.55. The zero-order valence-electron chi connectivity index (χ0n) is 15.4. The smallest absolute Gasteiger partial charge is 0.191 e. The van der Waals surface area contributed by atoms with Crippen LogP contribution < -0.4 is 15.4 Å². The van der Waals surface area contributed by atoms with Crippen LogP contribution in [0.1, 0.15) is 18.1 Å². The van der Waals surface area contributed by atoms with Crippen molar-refractivity contribution in [2.45, 2.75) is 20.3 Å². The van der Waals surface area contributed by atoms with Gasteiger partial charge in [0.05, 0.1) is 6.54 Å². The lowest BCUT2D eigenvalue weighted by Crippen LogP contribution is -2.39. The van der Waals surface area contributed by atoms with E-state index in [1.165, 1.54) is 5.56 Å². The number of aliphatic imine (C=N–C) groups is 1. The van der Waals surface area contributed by atoms with Crippen LogP contribution in [-0.4, -0.2) is 37.3 Å². The number of hydrogen-bond donors (Lipinski definition) is 3. The standard InChI is InChI=1S/C20H27N3O2.HI/c1-3-21-20(22-12-11-17-5-4-6-18(24)15-17)23-13-14-25-19-9-7-16(2)8-10-19;/h4-10,15,24H,3,11-14H2,1-2H3,(H2,21,22,23);1H. The maximum atomic E-state index is 9.48. The Hall–Kier alpha value is -1.96. The molecule has 0 heterocycles. The van der Waals surface area contributed by atoms with Crippen molar-refractivity contribution >= 4 is 29.9 Å². The second kappa shape index (κ2) is 12.4. The minimum atomic E-state index is 0. The number of rotatable bonds is 8. The van der Waals surface area contributed by atoms with E-state index in [2.05, 4.69) is 22.5 Å². The molecule has 5 nitrogen and oxygen atoms in total. The van der Waals surface area contributed by atoms with Gasteiger partial charge in [-0.2, -0.15) is 0 Å². The molecule has 0 aliphatic heterocycles. The van der Waals surface area contributed by atoms with E-state index in [9.17, 15) is 5.11 Å². The van der Waals surface area contributed by atoms with Crippen LogP contribution in [0.15, 0.2) is 53.5 Å². The normalized spacial score (nSPS) is 10.8. The van der Waals surface area contributed by atoms with Gasteiger partial charge < -0.3 is 20.5 Å². The Labute approximate surface area is 172 Å². The van der Waals surface area contributed by atoms with E-state index in [1.54, 1.807) is 12.1 Å². The molecule has 2 aromatic carbocycles. The molecule has 0 saturated carbocycles. The maximum absolute atomic E-state index is 9.48. The first kappa shape index (κ1) is 22.1. The van der Waals surface area contributed by atoms with Gasteiger partial charge in [-0.05, 0) is 50.1 Å². The average molecular weight is 469 g/mol. The maximum Gasteiger partial charge on any atom is 0.191 e. The predicted octanol–water partition coefficient (Wildman–Crippen LogP) is 3.50. The largest absolute Gasteiger partial charge is 0.508 e. The van der Waals surface area contributed by atoms with E-state index in [-0.39, 0.29) is 24.0 Å². The SMILES string of the molecule is CCNC(=NCCc1cccc(O)c1)NCCOc1ccc(C)cc1.I. The number of aromatic hydroxyl groups is 1. The highest BCUT2D eigenvalue weighted by Gasteiger charge is 1.99. The van der Waals surface area contributed by atoms with Crippen molar-refractivity contribution in [3.63, 3.8) is 0 Å². The molecule has 0 fully saturated rings. The molecule has 26 heavy (non-hydrogen) atoms. The first-order chi connectivity index (χ1) is 12.2. The van der Waals surface area contributed by atoms with Gasteiger partial charge in [-0.3, -0.25) is 4.99 Å². The van der Waals surface area contributed by atoms with Crippen molar-refractivity contribution in [1.82, 2.24) is 10.6 Å². The van der Waals surface area contributed by atoms with Crippen LogP contribution in [0.3, 0.4) is 0 Å². The lowest BCUT2D eigenvalue weighted by atomic mass is 10.1. The van der Waals surface area contributed by atoms with Gasteiger partial charge in [-0.25, -0.2) is 0 Å². The number of aryl methyl sites for hydroxylation is 1. The van der Waals surface area contributed by atoms with Crippen molar-refractivity contribution < 1.29 is 9.84 Å². The molecule has 2 aromatic rings. The van der Waals surface area contributed by atoms with E-state index < -0.39 is 0 Å². The molecule has 0 saturated heterocycles. The van der Waals surface area contributed by atoms with Crippen molar-refractivity contribution in [3.8, 4) is 11.5 Å². The Bertz CT molecular complexity index is 675. The van der Waals surface area contributed by atoms with Crippen LogP contribution in [0.5, 0.6) is 11.5 Å². The molecule has 0 aliphatic rings. The molecule has 142 valence electrons. The second-order valence-corrected chi connectivity index (χ2v) is 5.77. The van der Waals surface area contributed by atoms with E-state index in [1.807, 2.05) is 43.3 Å². The number of nitrogens with one attached hydrogen (secondary N) is 2. The van der Waals surface area contributed by atoms with Gasteiger partial charge in [-0.15, -0.1) is 24.0 Å². The van der Waals surface area contributed by atoms with E-state index in [4.69, 9.17) is 4.74 Å². The zero-order valence-corrected chi connectivity index (χ0v) is 17.7. The Morgan fingerprint density at radius 2 is 1.88 bits per heavy atom. The minimum Gasteiger partial charge on any atom is -0.508 e. The summed E-state index contributed by atoms with van der Waals surface area (Å²) in [5.41, 5.74) is 2.29. The third kappa shape index (κ3) is 8.42. The lowest BCUT2D eigenvalue weighted by molar-refractivity contribution is 0.322. The summed E-state index contributed by atoms with van der Waals surface area (Å²) in [5, 5.41) is 16.0. The van der Waals surface area contributed by atoms with Gasteiger partial charge in [0.1, 0.15) is 18.1 Å². The number of nitrogens with zero attached hydrogens (tertiary/aromatic N) is 1. The highest BCUT2D eigenvalue weighted by Crippen LogP contribution is 2.11. The summed E-state index contributed by atoms with van der Waals surface area (Å²) in [6, 6.07) is 15.3. The van der Waals surface area contributed by atoms with Gasteiger partial charge in [0.25, 0.3) is 0 Å². The average Bonchev–Trinajstić information content (AvgIpc) is 2.60. The molecule has 0 atom stereocenters. The Morgan fingerprint density at radius 1 is 1.12 bits per heavy atom. The van der Waals surface area contributed by atoms with E-state index >= 15 is 0 Å². The second-order valence-electron chi connectivity index (χ2n) is 5.77. The summed E-state index contributed by atoms with van der Waals surface area (Å²) in [5.74, 6) is 1.94. The molecule has 3 N–H and O–H groups in total. The Balaban J connectivity index is 0.00000338. The minimum absolute atomic E-state index is 0. The third-order valence-corrected chi connectivity index (χ3v) is 3.61. The molecule has 0 unspecified atom stereocenters. The van der Waals surface area contributed by atoms with Crippen LogP contribution in [0.2, 0.25) is 0 Å². The van der Waals surface area contributed by atoms with Crippen molar-refractivity contribution in [1.29, 1.82) is 0 Å². The summed E-state index contributed by atoms with van der Waals surface area (Å²) in [6.45, 7) is 6.79. The first-order valence-corrected chi connectivity index (χ1v) is 8.67. The lowest BCUT2D eigenvalue weighted by Gasteiger charge is -2.12. The molecular formula is C20H28IN3O2. The summed E-state index contributed by atoms with van der Waals surface area (Å²) >= 11 is 0. The highest BCUT2D eigenvalue weighted by atomic mass is 127. The number of hydrogen-bond acceptors (Lipinski definition) is 3. The van der Waals surface area contributed by atoms with E-state index in [0.717, 1.165) is 30.2 Å². The van der Waals surface area contributed by atoms with Crippen LogP contribution in [-0.2, 0) is 6.42 Å². The number of benzene rings is 2. The monoisotopic (exact) mass is 469 g/mol. The topological polar surface area (TPSA) is 65.9 Å². The quantitative estimate of drug-likeness (QED) is 0.240. The first-order valence-electron chi connectivity index (χ1n) is 8.67. The van der Waals surface area contributed by atoms with Gasteiger partial charge in [0.15, 0.2) is 5.96 Å². The number of ether oxygens (including phenoxy) is 1. The predicted molar refractivity (Wildman–Crippen MR) is 118 cm³/mol. The van der Waals surface area contributed by atoms with Crippen LogP contribution in [0.25, 0.3) is 0 Å². The fraction of sp³-hybridized carbons (Fsp3) is 0.350. The molecule has 6 heteroatoms. The Morgan fingerprint density at radius 3 is 2.58 bits per heavy atom. The van der Waals surface area contributed by atoms with E-state index in [0.29, 0.717) is 25.4 Å². The fourth-order valence-electron chi connectivity index (χ4n) is 2.32. The molecule has 0 aromatic heterocycles. The van der Waals surface area contributed by atoms with Crippen molar-refractivity contribution in [2.75, 3.05) is 26.2 Å². The number of halogens is 1. The molecule has 0 aliphatic carbocycles. The molecule has 0 radical (unpaired) electrons. The third-order valence-electron chi connectivity index (χ3n) is 3.61. The summed E-state index contributed by atoms with van der Waals surface area (Å²) in [7, 11) is 0. The Kier molecular flexibility index (Phi) is 10.5. The summed E-state index contributed by atoms with van der Waals surface area (Å²) in [6.07, 6.45) is 0.783.